The zero-order valence-corrected chi connectivity index (χ0v) is 11.5. The molecule has 0 amide bonds. The second-order valence-electron chi connectivity index (χ2n) is 6.25. The standard InChI is InChI=1S/C14H27N3O/c1-17(7-3-2-4-14(15)16-18)10-13-9-11-5-6-12(13)8-11/h11-13,18H,2-10H2,1H3,(H2,15,16). The summed E-state index contributed by atoms with van der Waals surface area (Å²) < 4.78 is 0. The Kier molecular flexibility index (Phi) is 4.87. The van der Waals surface area contributed by atoms with E-state index >= 15 is 0 Å². The molecule has 104 valence electrons. The first kappa shape index (κ1) is 13.7. The monoisotopic (exact) mass is 253 g/mol. The molecule has 0 heterocycles. The van der Waals surface area contributed by atoms with E-state index in [4.69, 9.17) is 10.9 Å². The van der Waals surface area contributed by atoms with Gasteiger partial charge in [-0.15, -0.1) is 0 Å². The van der Waals surface area contributed by atoms with Crippen LogP contribution in [0.1, 0.15) is 44.9 Å². The van der Waals surface area contributed by atoms with E-state index < -0.39 is 0 Å². The van der Waals surface area contributed by atoms with Crippen LogP contribution < -0.4 is 5.73 Å². The van der Waals surface area contributed by atoms with Crippen LogP contribution in [-0.2, 0) is 0 Å². The van der Waals surface area contributed by atoms with Crippen LogP contribution in [0.2, 0.25) is 0 Å². The maximum atomic E-state index is 8.45. The fourth-order valence-electron chi connectivity index (χ4n) is 3.83. The molecule has 3 unspecified atom stereocenters. The van der Waals surface area contributed by atoms with Crippen molar-refractivity contribution < 1.29 is 5.21 Å². The number of amidine groups is 1. The van der Waals surface area contributed by atoms with Crippen molar-refractivity contribution in [1.82, 2.24) is 4.90 Å². The number of hydrogen-bond donors (Lipinski definition) is 2. The molecule has 0 saturated heterocycles. The number of nitrogens with two attached hydrogens (primary N) is 1. The Morgan fingerprint density at radius 1 is 1.33 bits per heavy atom. The van der Waals surface area contributed by atoms with Gasteiger partial charge in [0.15, 0.2) is 0 Å². The highest BCUT2D eigenvalue weighted by Gasteiger charge is 2.39. The van der Waals surface area contributed by atoms with Crippen LogP contribution in [0, 0.1) is 17.8 Å². The van der Waals surface area contributed by atoms with E-state index in [-0.39, 0.29) is 0 Å². The molecular formula is C14H27N3O. The number of fused-ring (bicyclic) bond motifs is 2. The van der Waals surface area contributed by atoms with Gasteiger partial charge < -0.3 is 15.8 Å². The van der Waals surface area contributed by atoms with Crippen LogP contribution in [0.25, 0.3) is 0 Å². The normalized spacial score (nSPS) is 31.4. The SMILES string of the molecule is CN(CCCCC(N)=NO)CC1CC2CCC1C2. The van der Waals surface area contributed by atoms with Gasteiger partial charge in [-0.1, -0.05) is 11.6 Å². The summed E-state index contributed by atoms with van der Waals surface area (Å²) in [6.45, 7) is 2.40. The molecule has 2 aliphatic carbocycles. The maximum absolute atomic E-state index is 8.45. The van der Waals surface area contributed by atoms with E-state index in [2.05, 4.69) is 17.1 Å². The van der Waals surface area contributed by atoms with E-state index in [1.54, 1.807) is 0 Å². The van der Waals surface area contributed by atoms with Crippen LogP contribution >= 0.6 is 0 Å². The second kappa shape index (κ2) is 6.41. The van der Waals surface area contributed by atoms with Crippen LogP contribution in [0.3, 0.4) is 0 Å². The minimum atomic E-state index is 0.353. The Morgan fingerprint density at radius 3 is 2.78 bits per heavy atom. The predicted molar refractivity (Wildman–Crippen MR) is 73.7 cm³/mol. The molecule has 2 aliphatic rings. The van der Waals surface area contributed by atoms with Crippen molar-refractivity contribution in [2.24, 2.45) is 28.6 Å². The third-order valence-electron chi connectivity index (χ3n) is 4.78. The zero-order valence-electron chi connectivity index (χ0n) is 11.5. The molecule has 3 N–H and O–H groups in total. The number of oxime groups is 1. The van der Waals surface area contributed by atoms with Gasteiger partial charge in [-0.25, -0.2) is 0 Å². The van der Waals surface area contributed by atoms with Crippen molar-refractivity contribution in [2.45, 2.75) is 44.9 Å². The number of unbranched alkanes of at least 4 members (excludes halogenated alkanes) is 1. The van der Waals surface area contributed by atoms with Crippen molar-refractivity contribution in [1.29, 1.82) is 0 Å². The molecule has 0 aromatic heterocycles. The van der Waals surface area contributed by atoms with Crippen LogP contribution in [0.4, 0.5) is 0 Å². The Bertz CT molecular complexity index is 293. The van der Waals surface area contributed by atoms with Gasteiger partial charge in [-0.3, -0.25) is 0 Å². The lowest BCUT2D eigenvalue weighted by atomic mass is 9.88. The Hall–Kier alpha value is -0.770. The van der Waals surface area contributed by atoms with Gasteiger partial charge in [-0.2, -0.15) is 0 Å². The molecule has 18 heavy (non-hydrogen) atoms. The Morgan fingerprint density at radius 2 is 2.17 bits per heavy atom. The largest absolute Gasteiger partial charge is 0.409 e. The summed E-state index contributed by atoms with van der Waals surface area (Å²) in [5, 5.41) is 11.4. The van der Waals surface area contributed by atoms with E-state index in [9.17, 15) is 0 Å². The number of hydrogen-bond acceptors (Lipinski definition) is 3. The molecular weight excluding hydrogens is 226 g/mol. The summed E-state index contributed by atoms with van der Waals surface area (Å²) in [5.41, 5.74) is 5.45. The Labute approximate surface area is 110 Å². The Balaban J connectivity index is 1.57. The molecule has 3 atom stereocenters. The summed E-state index contributed by atoms with van der Waals surface area (Å²) in [7, 11) is 2.23. The molecule has 0 aliphatic heterocycles. The molecule has 0 aromatic rings. The summed E-state index contributed by atoms with van der Waals surface area (Å²) in [6.07, 6.45) is 8.79. The van der Waals surface area contributed by atoms with Crippen molar-refractivity contribution in [3.05, 3.63) is 0 Å². The molecule has 2 saturated carbocycles. The van der Waals surface area contributed by atoms with Crippen molar-refractivity contribution >= 4 is 5.84 Å². The average Bonchev–Trinajstić information content (AvgIpc) is 2.96. The summed E-state index contributed by atoms with van der Waals surface area (Å²) in [5.74, 6) is 3.38. The molecule has 4 heteroatoms. The fraction of sp³-hybridized carbons (Fsp3) is 0.929. The highest BCUT2D eigenvalue weighted by molar-refractivity contribution is 5.79. The van der Waals surface area contributed by atoms with Gasteiger partial charge in [0.2, 0.25) is 0 Å². The first-order chi connectivity index (χ1) is 8.69. The number of rotatable bonds is 7. The zero-order chi connectivity index (χ0) is 13.0. The smallest absolute Gasteiger partial charge is 0.139 e. The molecule has 0 radical (unpaired) electrons. The lowest BCUT2D eigenvalue weighted by Gasteiger charge is -2.27. The van der Waals surface area contributed by atoms with Gasteiger partial charge in [0.1, 0.15) is 5.84 Å². The fourth-order valence-corrected chi connectivity index (χ4v) is 3.83. The predicted octanol–water partition coefficient (Wildman–Crippen LogP) is 2.27. The van der Waals surface area contributed by atoms with E-state index in [1.807, 2.05) is 0 Å². The second-order valence-corrected chi connectivity index (χ2v) is 6.25. The van der Waals surface area contributed by atoms with Gasteiger partial charge in [-0.05, 0) is 63.5 Å². The van der Waals surface area contributed by atoms with E-state index in [1.165, 1.54) is 32.2 Å². The highest BCUT2D eigenvalue weighted by atomic mass is 16.4. The third-order valence-corrected chi connectivity index (χ3v) is 4.78. The molecule has 2 rings (SSSR count). The molecule has 0 aromatic carbocycles. The minimum Gasteiger partial charge on any atom is -0.409 e. The summed E-state index contributed by atoms with van der Waals surface area (Å²) in [6, 6.07) is 0. The van der Waals surface area contributed by atoms with Gasteiger partial charge >= 0.3 is 0 Å². The topological polar surface area (TPSA) is 61.8 Å². The molecule has 2 fully saturated rings. The van der Waals surface area contributed by atoms with Crippen LogP contribution in [0.5, 0.6) is 0 Å². The van der Waals surface area contributed by atoms with E-state index in [0.717, 1.165) is 37.1 Å². The minimum absolute atomic E-state index is 0.353. The quantitative estimate of drug-likeness (QED) is 0.240. The van der Waals surface area contributed by atoms with Gasteiger partial charge in [0.05, 0.1) is 0 Å². The molecule has 4 nitrogen and oxygen atoms in total. The summed E-state index contributed by atoms with van der Waals surface area (Å²) >= 11 is 0. The van der Waals surface area contributed by atoms with Crippen molar-refractivity contribution in [3.63, 3.8) is 0 Å². The van der Waals surface area contributed by atoms with Crippen LogP contribution in [-0.4, -0.2) is 36.1 Å². The first-order valence-electron chi connectivity index (χ1n) is 7.34. The van der Waals surface area contributed by atoms with Gasteiger partial charge in [0, 0.05) is 13.0 Å². The van der Waals surface area contributed by atoms with Gasteiger partial charge in [0.25, 0.3) is 0 Å². The van der Waals surface area contributed by atoms with Crippen molar-refractivity contribution in [2.75, 3.05) is 20.1 Å². The van der Waals surface area contributed by atoms with E-state index in [0.29, 0.717) is 12.3 Å². The molecule has 0 spiro atoms. The number of nitrogens with zero attached hydrogens (tertiary/aromatic N) is 2. The summed E-state index contributed by atoms with van der Waals surface area (Å²) in [4.78, 5) is 2.47. The lowest BCUT2D eigenvalue weighted by Crippen LogP contribution is -2.29. The maximum Gasteiger partial charge on any atom is 0.139 e. The average molecular weight is 253 g/mol. The highest BCUT2D eigenvalue weighted by Crippen LogP contribution is 2.48. The first-order valence-corrected chi connectivity index (χ1v) is 7.34. The lowest BCUT2D eigenvalue weighted by molar-refractivity contribution is 0.217. The van der Waals surface area contributed by atoms with Crippen LogP contribution in [0.15, 0.2) is 5.16 Å². The van der Waals surface area contributed by atoms with Crippen molar-refractivity contribution in [3.8, 4) is 0 Å². The molecule has 2 bridgehead atoms. The third kappa shape index (κ3) is 3.61.